The third kappa shape index (κ3) is 7.00. The number of nitrogens with zero attached hydrogens (tertiary/aromatic N) is 1. The van der Waals surface area contributed by atoms with Gasteiger partial charge in [-0.2, -0.15) is 0 Å². The predicted octanol–water partition coefficient (Wildman–Crippen LogP) is 2.28. The molecule has 0 radical (unpaired) electrons. The summed E-state index contributed by atoms with van der Waals surface area (Å²) in [4.78, 5) is 24.9. The minimum Gasteiger partial charge on any atom is -0.355 e. The van der Waals surface area contributed by atoms with Crippen LogP contribution in [0.4, 0.5) is 0 Å². The summed E-state index contributed by atoms with van der Waals surface area (Å²) in [5, 5.41) is 5.79. The number of carbonyl (C=O) groups is 2. The average molecular weight is 357 g/mol. The van der Waals surface area contributed by atoms with Gasteiger partial charge < -0.3 is 15.5 Å². The maximum Gasteiger partial charge on any atom is 0.236 e. The smallest absolute Gasteiger partial charge is 0.236 e. The van der Waals surface area contributed by atoms with Crippen molar-refractivity contribution in [2.45, 2.75) is 33.6 Å². The van der Waals surface area contributed by atoms with E-state index in [1.165, 1.54) is 23.6 Å². The van der Waals surface area contributed by atoms with Crippen molar-refractivity contribution >= 4 is 17.9 Å². The van der Waals surface area contributed by atoms with Gasteiger partial charge in [0.05, 0.1) is 6.54 Å². The third-order valence-corrected chi connectivity index (χ3v) is 4.65. The van der Waals surface area contributed by atoms with E-state index in [-0.39, 0.29) is 11.8 Å². The van der Waals surface area contributed by atoms with Crippen LogP contribution in [0.25, 0.3) is 6.08 Å². The Morgan fingerprint density at radius 1 is 1.12 bits per heavy atom. The van der Waals surface area contributed by atoms with Crippen molar-refractivity contribution in [3.05, 3.63) is 41.0 Å². The minimum atomic E-state index is -0.0472. The molecular formula is C21H31N3O2. The summed E-state index contributed by atoms with van der Waals surface area (Å²) in [5.74, 6) is 0.631. The van der Waals surface area contributed by atoms with Gasteiger partial charge in [0.15, 0.2) is 0 Å². The second-order valence-corrected chi connectivity index (χ2v) is 7.16. The van der Waals surface area contributed by atoms with Crippen LogP contribution >= 0.6 is 0 Å². The molecule has 1 heterocycles. The molecule has 0 spiro atoms. The second kappa shape index (κ2) is 10.1. The number of hydrogen-bond donors (Lipinski definition) is 2. The third-order valence-electron chi connectivity index (χ3n) is 4.65. The Morgan fingerprint density at radius 3 is 2.38 bits per heavy atom. The molecule has 142 valence electrons. The maximum absolute atomic E-state index is 12.2. The van der Waals surface area contributed by atoms with E-state index in [4.69, 9.17) is 0 Å². The van der Waals surface area contributed by atoms with Gasteiger partial charge in [-0.05, 0) is 38.2 Å². The van der Waals surface area contributed by atoms with Gasteiger partial charge in [0.2, 0.25) is 11.8 Å². The Bertz CT molecular complexity index is 626. The van der Waals surface area contributed by atoms with Crippen LogP contribution in [0.3, 0.4) is 0 Å². The molecule has 1 fully saturated rings. The summed E-state index contributed by atoms with van der Waals surface area (Å²) < 4.78 is 0. The van der Waals surface area contributed by atoms with Gasteiger partial charge in [0.1, 0.15) is 0 Å². The molecule has 2 amide bonds. The number of carbonyl (C=O) groups excluding carboxylic acids is 2. The molecule has 0 saturated carbocycles. The van der Waals surface area contributed by atoms with Crippen molar-refractivity contribution in [3.8, 4) is 0 Å². The first-order chi connectivity index (χ1) is 12.4. The fraction of sp³-hybridized carbons (Fsp3) is 0.524. The molecule has 5 heteroatoms. The van der Waals surface area contributed by atoms with Gasteiger partial charge in [-0.25, -0.2) is 0 Å². The molecule has 1 saturated heterocycles. The topological polar surface area (TPSA) is 61.4 Å². The molecule has 0 unspecified atom stereocenters. The van der Waals surface area contributed by atoms with Crippen LogP contribution < -0.4 is 10.6 Å². The standard InChI is InChI=1S/C21H31N3O2/c1-16-12-17(2)14-20(13-16)5-4-19-6-10-24(11-7-19)21(26)15-22-8-9-23-18(3)25/h4-5,12-14,19,22H,6-11,15H2,1-3H3,(H,23,25)/b5-4+. The van der Waals surface area contributed by atoms with E-state index in [0.717, 1.165) is 25.9 Å². The zero-order chi connectivity index (χ0) is 18.9. The first-order valence-electron chi connectivity index (χ1n) is 9.43. The predicted molar refractivity (Wildman–Crippen MR) is 106 cm³/mol. The highest BCUT2D eigenvalue weighted by Gasteiger charge is 2.20. The van der Waals surface area contributed by atoms with Crippen LogP contribution in [0, 0.1) is 19.8 Å². The number of benzene rings is 1. The number of piperidine rings is 1. The molecule has 1 aliphatic rings. The van der Waals surface area contributed by atoms with Crippen molar-refractivity contribution in [3.63, 3.8) is 0 Å². The largest absolute Gasteiger partial charge is 0.355 e. The number of amides is 2. The maximum atomic E-state index is 12.2. The number of rotatable bonds is 7. The normalized spacial score (nSPS) is 15.4. The van der Waals surface area contributed by atoms with E-state index < -0.39 is 0 Å². The Kier molecular flexibility index (Phi) is 7.85. The van der Waals surface area contributed by atoms with Crippen LogP contribution in [0.1, 0.15) is 36.5 Å². The Hall–Kier alpha value is -2.14. The number of likely N-dealkylation sites (tertiary alicyclic amines) is 1. The van der Waals surface area contributed by atoms with Crippen LogP contribution in [0.2, 0.25) is 0 Å². The first-order valence-corrected chi connectivity index (χ1v) is 9.43. The molecule has 0 bridgehead atoms. The molecular weight excluding hydrogens is 326 g/mol. The molecule has 0 aliphatic carbocycles. The van der Waals surface area contributed by atoms with Crippen molar-refractivity contribution in [1.82, 2.24) is 15.5 Å². The van der Waals surface area contributed by atoms with Crippen molar-refractivity contribution < 1.29 is 9.59 Å². The monoisotopic (exact) mass is 357 g/mol. The quantitative estimate of drug-likeness (QED) is 0.736. The summed E-state index contributed by atoms with van der Waals surface area (Å²) >= 11 is 0. The van der Waals surface area contributed by atoms with Gasteiger partial charge in [-0.3, -0.25) is 9.59 Å². The summed E-state index contributed by atoms with van der Waals surface area (Å²) in [6, 6.07) is 6.59. The van der Waals surface area contributed by atoms with E-state index in [0.29, 0.717) is 25.6 Å². The zero-order valence-electron chi connectivity index (χ0n) is 16.2. The van der Waals surface area contributed by atoms with Crippen molar-refractivity contribution in [2.24, 2.45) is 5.92 Å². The Labute approximate surface area is 156 Å². The van der Waals surface area contributed by atoms with Crippen LogP contribution in [0.5, 0.6) is 0 Å². The molecule has 1 aromatic rings. The van der Waals surface area contributed by atoms with Gasteiger partial charge in [0.25, 0.3) is 0 Å². The number of hydrogen-bond acceptors (Lipinski definition) is 3. The molecule has 0 aromatic heterocycles. The number of aryl methyl sites for hydroxylation is 2. The van der Waals surface area contributed by atoms with E-state index in [1.807, 2.05) is 4.90 Å². The Morgan fingerprint density at radius 2 is 1.77 bits per heavy atom. The van der Waals surface area contributed by atoms with Gasteiger partial charge in [0, 0.05) is 33.1 Å². The highest BCUT2D eigenvalue weighted by molar-refractivity contribution is 5.78. The van der Waals surface area contributed by atoms with E-state index in [9.17, 15) is 9.59 Å². The lowest BCUT2D eigenvalue weighted by Gasteiger charge is -2.31. The molecule has 1 aliphatic heterocycles. The van der Waals surface area contributed by atoms with E-state index in [2.05, 4.69) is 54.8 Å². The number of nitrogens with one attached hydrogen (secondary N) is 2. The van der Waals surface area contributed by atoms with Gasteiger partial charge in [-0.15, -0.1) is 0 Å². The molecule has 26 heavy (non-hydrogen) atoms. The van der Waals surface area contributed by atoms with Gasteiger partial charge >= 0.3 is 0 Å². The first kappa shape index (κ1) is 20.2. The number of allylic oxidation sites excluding steroid dienone is 1. The van der Waals surface area contributed by atoms with Crippen LogP contribution in [-0.4, -0.2) is 49.4 Å². The second-order valence-electron chi connectivity index (χ2n) is 7.16. The lowest BCUT2D eigenvalue weighted by molar-refractivity contribution is -0.131. The molecule has 1 aromatic carbocycles. The van der Waals surface area contributed by atoms with Crippen molar-refractivity contribution in [1.29, 1.82) is 0 Å². The van der Waals surface area contributed by atoms with Crippen LogP contribution in [-0.2, 0) is 9.59 Å². The fourth-order valence-electron chi connectivity index (χ4n) is 3.33. The summed E-state index contributed by atoms with van der Waals surface area (Å²) in [6.07, 6.45) is 6.53. The lowest BCUT2D eigenvalue weighted by Crippen LogP contribution is -2.43. The highest BCUT2D eigenvalue weighted by Crippen LogP contribution is 2.20. The van der Waals surface area contributed by atoms with Crippen LogP contribution in [0.15, 0.2) is 24.3 Å². The molecule has 2 N–H and O–H groups in total. The minimum absolute atomic E-state index is 0.0472. The molecule has 2 rings (SSSR count). The Balaban J connectivity index is 1.70. The fourth-order valence-corrected chi connectivity index (χ4v) is 3.33. The molecule has 5 nitrogen and oxygen atoms in total. The highest BCUT2D eigenvalue weighted by atomic mass is 16.2. The van der Waals surface area contributed by atoms with Gasteiger partial charge in [-0.1, -0.05) is 41.5 Å². The lowest BCUT2D eigenvalue weighted by atomic mass is 9.95. The zero-order valence-corrected chi connectivity index (χ0v) is 16.2. The summed E-state index contributed by atoms with van der Waals surface area (Å²) in [7, 11) is 0. The summed E-state index contributed by atoms with van der Waals surface area (Å²) in [6.45, 7) is 8.86. The van der Waals surface area contributed by atoms with E-state index >= 15 is 0 Å². The SMILES string of the molecule is CC(=O)NCCNCC(=O)N1CCC(/C=C/c2cc(C)cc(C)c2)CC1. The van der Waals surface area contributed by atoms with Crippen molar-refractivity contribution in [2.75, 3.05) is 32.7 Å². The van der Waals surface area contributed by atoms with E-state index in [1.54, 1.807) is 0 Å². The summed E-state index contributed by atoms with van der Waals surface area (Å²) in [5.41, 5.74) is 3.83. The average Bonchev–Trinajstić information content (AvgIpc) is 2.59. The molecule has 0 atom stereocenters.